The molecule has 0 spiro atoms. The fraction of sp³-hybridized carbons (Fsp3) is 0.976. The monoisotopic (exact) mass is 870 g/mol. The van der Waals surface area contributed by atoms with Gasteiger partial charge in [0.05, 0.1) is 37.6 Å². The van der Waals surface area contributed by atoms with Crippen LogP contribution in [-0.4, -0.2) is 188 Å². The molecule has 4 aliphatic rings. The summed E-state index contributed by atoms with van der Waals surface area (Å²) in [7, 11) is 1.40. The van der Waals surface area contributed by atoms with Crippen molar-refractivity contribution in [1.29, 1.82) is 0 Å². The lowest BCUT2D eigenvalue weighted by Crippen LogP contribution is -2.66. The lowest BCUT2D eigenvalue weighted by atomic mass is 9.96. The quantitative estimate of drug-likeness (QED) is 0.0512. The summed E-state index contributed by atoms with van der Waals surface area (Å²) in [4.78, 5) is 11.3. The molecule has 0 saturated carbocycles. The minimum atomic E-state index is -1.76. The van der Waals surface area contributed by atoms with Gasteiger partial charge in [-0.05, 0) is 47.0 Å². The topological polar surface area (TPSA) is 282 Å². The number of hydrogen-bond acceptors (Lipinski definition) is 19. The van der Waals surface area contributed by atoms with Gasteiger partial charge in [-0.15, -0.1) is 0 Å². The maximum atomic E-state index is 11.3. The maximum absolute atomic E-state index is 11.3. The van der Waals surface area contributed by atoms with Crippen LogP contribution >= 0.6 is 0 Å². The molecule has 4 aliphatic heterocycles. The molecule has 19 heteroatoms. The van der Waals surface area contributed by atoms with Crippen LogP contribution in [0.1, 0.15) is 118 Å². The minimum Gasteiger partial charge on any atom is -0.469 e. The predicted octanol–water partition coefficient (Wildman–Crippen LogP) is 0.0187. The molecule has 0 unspecified atom stereocenters. The van der Waals surface area contributed by atoms with E-state index >= 15 is 0 Å². The Morgan fingerprint density at radius 1 is 0.467 bits per heavy atom. The molecule has 0 radical (unpaired) electrons. The zero-order chi connectivity index (χ0) is 44.3. The number of unbranched alkanes of at least 4 members (excludes halogenated alkanes) is 8. The van der Waals surface area contributed by atoms with Crippen molar-refractivity contribution in [3.63, 3.8) is 0 Å². The van der Waals surface area contributed by atoms with Gasteiger partial charge < -0.3 is 88.6 Å². The number of aliphatic hydroxyl groups excluding tert-OH is 9. The average molecular weight is 871 g/mol. The molecule has 0 aromatic rings. The van der Waals surface area contributed by atoms with Crippen molar-refractivity contribution >= 4 is 5.97 Å². The van der Waals surface area contributed by atoms with Gasteiger partial charge >= 0.3 is 5.97 Å². The van der Waals surface area contributed by atoms with E-state index in [0.29, 0.717) is 6.42 Å². The molecule has 352 valence electrons. The molecule has 0 aliphatic carbocycles. The number of carbonyl (C=O) groups excluding carboxylic acids is 1. The zero-order valence-electron chi connectivity index (χ0n) is 35.9. The molecule has 4 saturated heterocycles. The Hall–Kier alpha value is -1.21. The van der Waals surface area contributed by atoms with Gasteiger partial charge in [0, 0.05) is 6.42 Å². The highest BCUT2D eigenvalue weighted by molar-refractivity contribution is 5.68. The highest BCUT2D eigenvalue weighted by atomic mass is 16.8. The van der Waals surface area contributed by atoms with Crippen molar-refractivity contribution in [3.8, 4) is 0 Å². The first-order valence-electron chi connectivity index (χ1n) is 21.9. The maximum Gasteiger partial charge on any atom is 0.305 e. The van der Waals surface area contributed by atoms with Crippen LogP contribution in [-0.2, 0) is 47.4 Å². The van der Waals surface area contributed by atoms with E-state index < -0.39 is 123 Å². The van der Waals surface area contributed by atoms with Gasteiger partial charge in [-0.3, -0.25) is 4.79 Å². The number of aliphatic hydroxyl groups is 9. The molecular weight excluding hydrogens is 796 g/mol. The molecule has 0 bridgehead atoms. The second-order valence-corrected chi connectivity index (χ2v) is 16.9. The first kappa shape index (κ1) is 51.4. The fourth-order valence-corrected chi connectivity index (χ4v) is 8.23. The number of rotatable bonds is 22. The number of carbonyl (C=O) groups is 1. The van der Waals surface area contributed by atoms with Gasteiger partial charge in [0.15, 0.2) is 25.2 Å². The van der Waals surface area contributed by atoms with E-state index in [-0.39, 0.29) is 12.1 Å². The molecule has 9 N–H and O–H groups in total. The lowest BCUT2D eigenvalue weighted by molar-refractivity contribution is -0.382. The molecule has 60 heavy (non-hydrogen) atoms. The third kappa shape index (κ3) is 13.7. The Kier molecular flexibility index (Phi) is 21.2. The van der Waals surface area contributed by atoms with E-state index in [1.54, 1.807) is 6.92 Å². The second-order valence-electron chi connectivity index (χ2n) is 16.9. The van der Waals surface area contributed by atoms with Gasteiger partial charge in [0.2, 0.25) is 0 Å². The smallest absolute Gasteiger partial charge is 0.305 e. The first-order valence-corrected chi connectivity index (χ1v) is 21.9. The molecular formula is C41H74O19. The minimum absolute atomic E-state index is 0.180. The second kappa shape index (κ2) is 24.7. The Labute approximate surface area is 353 Å². The van der Waals surface area contributed by atoms with E-state index in [9.17, 15) is 50.8 Å². The normalized spacial score (nSPS) is 43.1. The predicted molar refractivity (Wildman–Crippen MR) is 209 cm³/mol. The van der Waals surface area contributed by atoms with Crippen LogP contribution < -0.4 is 0 Å². The van der Waals surface area contributed by atoms with Crippen LogP contribution in [0.2, 0.25) is 0 Å². The van der Waals surface area contributed by atoms with E-state index in [1.165, 1.54) is 27.9 Å². The Balaban J connectivity index is 1.26. The lowest BCUT2D eigenvalue weighted by Gasteiger charge is -2.48. The Bertz CT molecular complexity index is 1230. The third-order valence-corrected chi connectivity index (χ3v) is 12.1. The van der Waals surface area contributed by atoms with Crippen molar-refractivity contribution < 1.29 is 93.4 Å². The van der Waals surface area contributed by atoms with Crippen molar-refractivity contribution in [2.75, 3.05) is 7.11 Å². The standard InChI is InChI=1S/C41H74O19/c1-7-8-14-17-24(18-15-12-10-9-11-13-16-19-25(42)52-6)57-38-32(49)28(45)35(21(3)54-38)59-40-34(51)30(47)37(23(5)56-40)60-41-33(50)29(46)36(22(4)55-41)58-39-31(48)27(44)26(43)20(2)53-39/h20-24,26-41,43-51H,7-19H2,1-6H3/t20-,21-,22-,23-,24-,26-,27+,28-,29-,30-,31+,32+,33+,34+,35-,36-,37-,38-,39-,40-,41-/m0/s1. The highest BCUT2D eigenvalue weighted by Crippen LogP contribution is 2.35. The summed E-state index contributed by atoms with van der Waals surface area (Å²) in [6.07, 6.45) is -15.9. The fourth-order valence-electron chi connectivity index (χ4n) is 8.23. The van der Waals surface area contributed by atoms with Gasteiger partial charge in [0.1, 0.15) is 73.2 Å². The largest absolute Gasteiger partial charge is 0.469 e. The van der Waals surface area contributed by atoms with Gasteiger partial charge in [-0.25, -0.2) is 0 Å². The van der Waals surface area contributed by atoms with Crippen LogP contribution in [0.4, 0.5) is 0 Å². The first-order chi connectivity index (χ1) is 28.5. The highest BCUT2D eigenvalue weighted by Gasteiger charge is 2.53. The average Bonchev–Trinajstić information content (AvgIpc) is 3.22. The third-order valence-electron chi connectivity index (χ3n) is 12.1. The number of ether oxygens (including phenoxy) is 9. The van der Waals surface area contributed by atoms with Crippen molar-refractivity contribution in [1.82, 2.24) is 0 Å². The summed E-state index contributed by atoms with van der Waals surface area (Å²) in [5.74, 6) is -0.180. The van der Waals surface area contributed by atoms with Gasteiger partial charge in [-0.2, -0.15) is 0 Å². The molecule has 4 fully saturated rings. The molecule has 0 amide bonds. The summed E-state index contributed by atoms with van der Waals surface area (Å²) >= 11 is 0. The summed E-state index contributed by atoms with van der Waals surface area (Å²) in [6.45, 7) is 8.22. The van der Waals surface area contributed by atoms with Crippen molar-refractivity contribution in [2.24, 2.45) is 0 Å². The SMILES string of the molecule is CCCCC[C@@H](CCCCCCCCCC(=O)OC)O[C@@H]1O[C@@H](C)[C@H](O[C@@H]2O[C@@H](C)[C@H](O[C@@H]3O[C@@H](C)[C@H](O[C@@H]4O[C@@H](C)[C@H](O)[C@@H](O)[C@H]4O)[C@@H](O)[C@H]3O)[C@@H](O)[C@H]2O)[C@@H](O)[C@H]1O. The van der Waals surface area contributed by atoms with E-state index in [1.807, 2.05) is 0 Å². The van der Waals surface area contributed by atoms with E-state index in [4.69, 9.17) is 37.9 Å². The number of methoxy groups -OCH3 is 1. The molecule has 4 rings (SSSR count). The van der Waals surface area contributed by atoms with Gasteiger partial charge in [0.25, 0.3) is 0 Å². The summed E-state index contributed by atoms with van der Waals surface area (Å²) < 4.78 is 51.7. The molecule has 4 heterocycles. The zero-order valence-corrected chi connectivity index (χ0v) is 35.9. The van der Waals surface area contributed by atoms with Crippen LogP contribution in [0, 0.1) is 0 Å². The summed E-state index contributed by atoms with van der Waals surface area (Å²) in [5.41, 5.74) is 0. The molecule has 0 aromatic carbocycles. The van der Waals surface area contributed by atoms with E-state index in [2.05, 4.69) is 11.7 Å². The van der Waals surface area contributed by atoms with Gasteiger partial charge in [-0.1, -0.05) is 64.7 Å². The van der Waals surface area contributed by atoms with E-state index in [0.717, 1.165) is 77.0 Å². The van der Waals surface area contributed by atoms with Crippen molar-refractivity contribution in [3.05, 3.63) is 0 Å². The number of hydrogen-bond donors (Lipinski definition) is 9. The Morgan fingerprint density at radius 3 is 1.28 bits per heavy atom. The summed E-state index contributed by atoms with van der Waals surface area (Å²) in [5, 5.41) is 97.2. The molecule has 0 aromatic heterocycles. The number of esters is 1. The summed E-state index contributed by atoms with van der Waals surface area (Å²) in [6, 6.07) is 0. The van der Waals surface area contributed by atoms with Crippen LogP contribution in [0.5, 0.6) is 0 Å². The van der Waals surface area contributed by atoms with Crippen LogP contribution in [0.25, 0.3) is 0 Å². The molecule has 21 atom stereocenters. The molecule has 19 nitrogen and oxygen atoms in total. The van der Waals surface area contributed by atoms with Crippen LogP contribution in [0.15, 0.2) is 0 Å². The van der Waals surface area contributed by atoms with Crippen molar-refractivity contribution in [2.45, 2.75) is 247 Å². The van der Waals surface area contributed by atoms with Crippen LogP contribution in [0.3, 0.4) is 0 Å². The Morgan fingerprint density at radius 2 is 0.833 bits per heavy atom.